The van der Waals surface area contributed by atoms with Gasteiger partial charge in [-0.1, -0.05) is 36.4 Å². The van der Waals surface area contributed by atoms with Gasteiger partial charge in [0, 0.05) is 12.1 Å². The topological polar surface area (TPSA) is 161 Å². The molecular weight excluding hydrogens is 470 g/mol. The van der Waals surface area contributed by atoms with Crippen LogP contribution in [0.2, 0.25) is 0 Å². The van der Waals surface area contributed by atoms with Crippen molar-refractivity contribution in [3.8, 4) is 0 Å². The van der Waals surface area contributed by atoms with Crippen LogP contribution in [0.4, 0.5) is 0 Å². The Morgan fingerprint density at radius 2 is 1.67 bits per heavy atom. The Morgan fingerprint density at radius 3 is 2.33 bits per heavy atom. The summed E-state index contributed by atoms with van der Waals surface area (Å²) in [6.07, 6.45) is 0.865. The van der Waals surface area contributed by atoms with E-state index in [9.17, 15) is 31.2 Å². The van der Waals surface area contributed by atoms with E-state index in [0.717, 1.165) is 10.7 Å². The maximum atomic E-state index is 12.7. The molecule has 0 bridgehead atoms. The first-order valence-electron chi connectivity index (χ1n) is 9.79. The van der Waals surface area contributed by atoms with Crippen LogP contribution in [-0.2, 0) is 35.2 Å². The molecule has 33 heavy (non-hydrogen) atoms. The van der Waals surface area contributed by atoms with E-state index in [0.29, 0.717) is 0 Å². The van der Waals surface area contributed by atoms with Gasteiger partial charge in [-0.05, 0) is 23.8 Å². The van der Waals surface area contributed by atoms with Crippen molar-refractivity contribution in [1.82, 2.24) is 9.62 Å². The molecule has 1 atom stereocenters. The van der Waals surface area contributed by atoms with Gasteiger partial charge < -0.3 is 11.1 Å². The molecule has 0 aliphatic carbocycles. The summed E-state index contributed by atoms with van der Waals surface area (Å²) in [6.45, 7) is -0.654. The van der Waals surface area contributed by atoms with E-state index in [1.807, 2.05) is 0 Å². The molecule has 2 aromatic rings. The SMILES string of the molecule is NC(=O)c1ccccc1CS(=O)(=O)C[CH]C(=O)NC1CN(S(=O)(=O)c2ccccc2)CC1=O. The highest BCUT2D eigenvalue weighted by atomic mass is 32.2. The second-order valence-electron chi connectivity index (χ2n) is 7.42. The summed E-state index contributed by atoms with van der Waals surface area (Å²) < 4.78 is 51.1. The average Bonchev–Trinajstić information content (AvgIpc) is 3.14. The number of sulfone groups is 1. The number of Topliss-reactive ketones (excluding diaryl/α,β-unsaturated/α-hetero) is 1. The Hall–Kier alpha value is -3.09. The molecule has 175 valence electrons. The molecule has 0 aromatic heterocycles. The zero-order valence-electron chi connectivity index (χ0n) is 17.4. The third-order valence-corrected chi connectivity index (χ3v) is 8.24. The molecule has 0 saturated carbocycles. The average molecular weight is 493 g/mol. The van der Waals surface area contributed by atoms with Crippen molar-refractivity contribution in [1.29, 1.82) is 0 Å². The minimum Gasteiger partial charge on any atom is -0.366 e. The van der Waals surface area contributed by atoms with Crippen molar-refractivity contribution >= 4 is 37.5 Å². The van der Waals surface area contributed by atoms with Crippen LogP contribution in [0.3, 0.4) is 0 Å². The summed E-state index contributed by atoms with van der Waals surface area (Å²) in [5.41, 5.74) is 5.54. The Kier molecular flexibility index (Phi) is 7.30. The van der Waals surface area contributed by atoms with Gasteiger partial charge in [-0.3, -0.25) is 14.4 Å². The normalized spacial score (nSPS) is 17.1. The smallest absolute Gasteiger partial charge is 0.249 e. The molecule has 1 heterocycles. The van der Waals surface area contributed by atoms with Crippen LogP contribution in [-0.4, -0.2) is 63.6 Å². The van der Waals surface area contributed by atoms with Gasteiger partial charge in [0.25, 0.3) is 0 Å². The Morgan fingerprint density at radius 1 is 1.03 bits per heavy atom. The van der Waals surface area contributed by atoms with Gasteiger partial charge in [-0.25, -0.2) is 16.8 Å². The molecular formula is C21H22N3O7S2. The van der Waals surface area contributed by atoms with Crippen LogP contribution in [0.1, 0.15) is 15.9 Å². The number of primary amides is 1. The second kappa shape index (κ2) is 9.81. The van der Waals surface area contributed by atoms with E-state index in [1.54, 1.807) is 30.3 Å². The molecule has 1 aliphatic heterocycles. The Balaban J connectivity index is 1.58. The van der Waals surface area contributed by atoms with E-state index in [1.165, 1.54) is 24.3 Å². The quantitative estimate of drug-likeness (QED) is 0.484. The standard InChI is InChI=1S/C21H22N3O7S2/c22-21(27)17-9-5-4-6-15(17)14-32(28,29)11-10-20(26)23-18-12-24(13-19(18)25)33(30,31)16-7-2-1-3-8-16/h1-10,18H,11-14H2,(H2,22,27)(H,23,26). The van der Waals surface area contributed by atoms with Gasteiger partial charge in [0.2, 0.25) is 21.8 Å². The molecule has 1 radical (unpaired) electrons. The van der Waals surface area contributed by atoms with E-state index in [4.69, 9.17) is 5.73 Å². The van der Waals surface area contributed by atoms with Crippen molar-refractivity contribution in [2.45, 2.75) is 16.7 Å². The lowest BCUT2D eigenvalue weighted by molar-refractivity contribution is -0.123. The third kappa shape index (κ3) is 6.03. The zero-order valence-corrected chi connectivity index (χ0v) is 19.0. The van der Waals surface area contributed by atoms with Gasteiger partial charge in [0.05, 0.1) is 29.4 Å². The van der Waals surface area contributed by atoms with Crippen LogP contribution < -0.4 is 11.1 Å². The first-order chi connectivity index (χ1) is 15.5. The van der Waals surface area contributed by atoms with Crippen LogP contribution in [0.5, 0.6) is 0 Å². The number of benzene rings is 2. The molecule has 2 amide bonds. The number of carbonyl (C=O) groups is 3. The predicted molar refractivity (Wildman–Crippen MR) is 119 cm³/mol. The number of nitrogens with two attached hydrogens (primary N) is 1. The molecule has 1 aliphatic rings. The molecule has 2 aromatic carbocycles. The number of hydrogen-bond acceptors (Lipinski definition) is 7. The molecule has 12 heteroatoms. The molecule has 0 spiro atoms. The molecule has 10 nitrogen and oxygen atoms in total. The number of nitrogens with one attached hydrogen (secondary N) is 1. The number of ketones is 1. The number of nitrogens with zero attached hydrogens (tertiary/aromatic N) is 1. The largest absolute Gasteiger partial charge is 0.366 e. The lowest BCUT2D eigenvalue weighted by Gasteiger charge is -2.16. The van der Waals surface area contributed by atoms with Crippen molar-refractivity contribution in [3.63, 3.8) is 0 Å². The summed E-state index contributed by atoms with van der Waals surface area (Å²) in [4.78, 5) is 36.0. The van der Waals surface area contributed by atoms with E-state index < -0.39 is 61.6 Å². The highest BCUT2D eigenvalue weighted by molar-refractivity contribution is 7.90. The number of sulfonamides is 1. The van der Waals surface area contributed by atoms with E-state index in [2.05, 4.69) is 5.32 Å². The number of carbonyl (C=O) groups excluding carboxylic acids is 3. The molecule has 3 N–H and O–H groups in total. The van der Waals surface area contributed by atoms with Crippen molar-refractivity contribution < 1.29 is 31.2 Å². The monoisotopic (exact) mass is 492 g/mol. The first kappa shape index (κ1) is 24.6. The van der Waals surface area contributed by atoms with Gasteiger partial charge in [-0.15, -0.1) is 0 Å². The summed E-state index contributed by atoms with van der Waals surface area (Å²) in [7, 11) is -7.72. The minimum absolute atomic E-state index is 0.0266. The van der Waals surface area contributed by atoms with Crippen molar-refractivity contribution in [3.05, 3.63) is 72.1 Å². The number of rotatable bonds is 9. The fourth-order valence-electron chi connectivity index (χ4n) is 3.32. The van der Waals surface area contributed by atoms with Crippen LogP contribution in [0.25, 0.3) is 0 Å². The summed E-state index contributed by atoms with van der Waals surface area (Å²) in [5, 5.41) is 2.36. The van der Waals surface area contributed by atoms with Gasteiger partial charge in [0.1, 0.15) is 6.04 Å². The van der Waals surface area contributed by atoms with E-state index in [-0.39, 0.29) is 22.6 Å². The van der Waals surface area contributed by atoms with Crippen molar-refractivity contribution in [2.24, 2.45) is 5.73 Å². The molecule has 3 rings (SSSR count). The number of amides is 2. The van der Waals surface area contributed by atoms with Gasteiger partial charge in [0.15, 0.2) is 15.6 Å². The number of hydrogen-bond donors (Lipinski definition) is 2. The highest BCUT2D eigenvalue weighted by Crippen LogP contribution is 2.19. The summed E-state index contributed by atoms with van der Waals surface area (Å²) in [5.74, 6) is -3.23. The van der Waals surface area contributed by atoms with Crippen LogP contribution in [0.15, 0.2) is 59.5 Å². The van der Waals surface area contributed by atoms with Crippen molar-refractivity contribution in [2.75, 3.05) is 18.8 Å². The Labute approximate surface area is 191 Å². The first-order valence-corrected chi connectivity index (χ1v) is 13.1. The summed E-state index contributed by atoms with van der Waals surface area (Å²) in [6, 6.07) is 12.5. The third-order valence-electron chi connectivity index (χ3n) is 4.99. The maximum Gasteiger partial charge on any atom is 0.249 e. The Bertz CT molecular complexity index is 1280. The molecule has 1 unspecified atom stereocenters. The lowest BCUT2D eigenvalue weighted by Crippen LogP contribution is -2.42. The lowest BCUT2D eigenvalue weighted by atomic mass is 10.1. The second-order valence-corrected chi connectivity index (χ2v) is 11.5. The fourth-order valence-corrected chi connectivity index (χ4v) is 6.01. The van der Waals surface area contributed by atoms with Gasteiger partial charge in [-0.2, -0.15) is 4.31 Å². The molecule has 1 fully saturated rings. The van der Waals surface area contributed by atoms with Crippen LogP contribution >= 0.6 is 0 Å². The predicted octanol–water partition coefficient (Wildman–Crippen LogP) is -0.337. The zero-order chi connectivity index (χ0) is 24.2. The molecule has 1 saturated heterocycles. The highest BCUT2D eigenvalue weighted by Gasteiger charge is 2.39. The fraction of sp³-hybridized carbons (Fsp3) is 0.238. The van der Waals surface area contributed by atoms with Gasteiger partial charge >= 0.3 is 0 Å². The summed E-state index contributed by atoms with van der Waals surface area (Å²) >= 11 is 0. The van der Waals surface area contributed by atoms with E-state index >= 15 is 0 Å². The van der Waals surface area contributed by atoms with Crippen LogP contribution in [0, 0.1) is 6.42 Å². The maximum absolute atomic E-state index is 12.7. The minimum atomic E-state index is -3.90.